The van der Waals surface area contributed by atoms with Crippen LogP contribution in [0.5, 0.6) is 0 Å². The van der Waals surface area contributed by atoms with Gasteiger partial charge in [0.25, 0.3) is 0 Å². The number of ether oxygens (including phenoxy) is 1. The first-order valence-electron chi connectivity index (χ1n) is 7.11. The number of amides is 1. The molecule has 0 unspecified atom stereocenters. The molecule has 0 bridgehead atoms. The third-order valence-electron chi connectivity index (χ3n) is 3.11. The number of rotatable bonds is 4. The van der Waals surface area contributed by atoms with E-state index in [1.54, 1.807) is 18.2 Å². The zero-order valence-corrected chi connectivity index (χ0v) is 14.0. The lowest BCUT2D eigenvalue weighted by molar-refractivity contribution is 0.0523. The van der Waals surface area contributed by atoms with Gasteiger partial charge in [0.2, 0.25) is 10.0 Å². The smallest absolute Gasteiger partial charge is 0.407 e. The van der Waals surface area contributed by atoms with Crippen molar-refractivity contribution in [1.29, 1.82) is 0 Å². The summed E-state index contributed by atoms with van der Waals surface area (Å²) in [6.07, 6.45) is 1.51. The van der Waals surface area contributed by atoms with Crippen LogP contribution in [-0.4, -0.2) is 32.4 Å². The molecule has 22 heavy (non-hydrogen) atoms. The molecule has 1 saturated carbocycles. The van der Waals surface area contributed by atoms with Crippen molar-refractivity contribution in [1.82, 2.24) is 5.32 Å². The van der Waals surface area contributed by atoms with Crippen LogP contribution in [0.15, 0.2) is 24.3 Å². The minimum atomic E-state index is -3.29. The maximum Gasteiger partial charge on any atom is 0.407 e. The number of nitrogens with one attached hydrogen (secondary N) is 2. The lowest BCUT2D eigenvalue weighted by Gasteiger charge is -2.19. The number of anilines is 1. The van der Waals surface area contributed by atoms with Crippen molar-refractivity contribution < 1.29 is 17.9 Å². The topological polar surface area (TPSA) is 84.5 Å². The Morgan fingerprint density at radius 3 is 2.59 bits per heavy atom. The molecule has 7 heteroatoms. The first kappa shape index (κ1) is 16.6. The molecular weight excluding hydrogens is 304 g/mol. The predicted octanol–water partition coefficient (Wildman–Crippen LogP) is 2.44. The van der Waals surface area contributed by atoms with Gasteiger partial charge in [-0.1, -0.05) is 12.1 Å². The number of benzene rings is 1. The fourth-order valence-corrected chi connectivity index (χ4v) is 2.78. The largest absolute Gasteiger partial charge is 0.444 e. The van der Waals surface area contributed by atoms with Crippen molar-refractivity contribution in [3.05, 3.63) is 29.8 Å². The van der Waals surface area contributed by atoms with Crippen LogP contribution in [0, 0.1) is 0 Å². The molecule has 122 valence electrons. The lowest BCUT2D eigenvalue weighted by Crippen LogP contribution is -2.34. The van der Waals surface area contributed by atoms with Gasteiger partial charge in [0, 0.05) is 17.6 Å². The summed E-state index contributed by atoms with van der Waals surface area (Å²) in [6.45, 7) is 5.45. The van der Waals surface area contributed by atoms with Gasteiger partial charge in [0.1, 0.15) is 5.60 Å². The Balaban J connectivity index is 1.95. The average Bonchev–Trinajstić information content (AvgIpc) is 3.03. The quantitative estimate of drug-likeness (QED) is 0.890. The van der Waals surface area contributed by atoms with Crippen molar-refractivity contribution in [2.75, 3.05) is 11.0 Å². The van der Waals surface area contributed by atoms with E-state index in [9.17, 15) is 13.2 Å². The maximum atomic E-state index is 11.7. The second kappa shape index (κ2) is 5.79. The van der Waals surface area contributed by atoms with Crippen molar-refractivity contribution in [3.8, 4) is 0 Å². The summed E-state index contributed by atoms with van der Waals surface area (Å²) in [5, 5.41) is 2.83. The van der Waals surface area contributed by atoms with E-state index in [4.69, 9.17) is 4.74 Å². The van der Waals surface area contributed by atoms with E-state index in [-0.39, 0.29) is 12.0 Å². The summed E-state index contributed by atoms with van der Waals surface area (Å²) in [5.41, 5.74) is 1.01. The standard InChI is InChI=1S/C15H22N2O4S/c1-15(2,3)21-14(18)16-13-9-12(13)10-6-5-7-11(8-10)17-22(4,19)20/h5-8,12-13,17H,9H2,1-4H3,(H,16,18)/t12-,13+/m0/s1. The highest BCUT2D eigenvalue weighted by Crippen LogP contribution is 2.41. The molecule has 0 saturated heterocycles. The summed E-state index contributed by atoms with van der Waals surface area (Å²) in [6, 6.07) is 7.25. The maximum absolute atomic E-state index is 11.7. The molecule has 2 N–H and O–H groups in total. The molecule has 1 fully saturated rings. The van der Waals surface area contributed by atoms with E-state index < -0.39 is 21.7 Å². The zero-order valence-electron chi connectivity index (χ0n) is 13.2. The number of sulfonamides is 1. The van der Waals surface area contributed by atoms with E-state index in [0.29, 0.717) is 5.69 Å². The van der Waals surface area contributed by atoms with Gasteiger partial charge < -0.3 is 10.1 Å². The highest BCUT2D eigenvalue weighted by atomic mass is 32.2. The molecule has 6 nitrogen and oxygen atoms in total. The molecule has 1 aliphatic rings. The van der Waals surface area contributed by atoms with Crippen LogP contribution in [0.3, 0.4) is 0 Å². The Morgan fingerprint density at radius 1 is 1.32 bits per heavy atom. The highest BCUT2D eigenvalue weighted by molar-refractivity contribution is 7.92. The van der Waals surface area contributed by atoms with Gasteiger partial charge >= 0.3 is 6.09 Å². The molecule has 2 rings (SSSR count). The number of hydrogen-bond acceptors (Lipinski definition) is 4. The number of hydrogen-bond donors (Lipinski definition) is 2. The molecule has 0 radical (unpaired) electrons. The van der Waals surface area contributed by atoms with E-state index in [1.165, 1.54) is 0 Å². The molecular formula is C15H22N2O4S. The van der Waals surface area contributed by atoms with Crippen LogP contribution < -0.4 is 10.0 Å². The van der Waals surface area contributed by atoms with Crippen LogP contribution in [-0.2, 0) is 14.8 Å². The summed E-state index contributed by atoms with van der Waals surface area (Å²) in [5.74, 6) is 0.189. The Labute approximate surface area is 131 Å². The van der Waals surface area contributed by atoms with Crippen LogP contribution in [0.4, 0.5) is 10.5 Å². The monoisotopic (exact) mass is 326 g/mol. The van der Waals surface area contributed by atoms with E-state index in [1.807, 2.05) is 26.8 Å². The minimum Gasteiger partial charge on any atom is -0.444 e. The highest BCUT2D eigenvalue weighted by Gasteiger charge is 2.40. The van der Waals surface area contributed by atoms with Crippen LogP contribution in [0.1, 0.15) is 38.7 Å². The minimum absolute atomic E-state index is 0.0309. The fraction of sp³-hybridized carbons (Fsp3) is 0.533. The molecule has 1 aromatic rings. The van der Waals surface area contributed by atoms with E-state index in [2.05, 4.69) is 10.0 Å². The van der Waals surface area contributed by atoms with Gasteiger partial charge in [0.15, 0.2) is 0 Å². The SMILES string of the molecule is CC(C)(C)OC(=O)N[C@@H]1C[C@H]1c1cccc(NS(C)(=O)=O)c1. The molecule has 0 aromatic heterocycles. The second-order valence-corrected chi connectivity index (χ2v) is 8.34. The number of carbonyl (C=O) groups is 1. The van der Waals surface area contributed by atoms with Gasteiger partial charge in [-0.2, -0.15) is 0 Å². The third kappa shape index (κ3) is 5.22. The van der Waals surface area contributed by atoms with Gasteiger partial charge in [-0.05, 0) is 44.9 Å². The molecule has 1 amide bonds. The van der Waals surface area contributed by atoms with Gasteiger partial charge in [-0.3, -0.25) is 4.72 Å². The first-order chi connectivity index (χ1) is 10.0. The molecule has 0 spiro atoms. The molecule has 0 aliphatic heterocycles. The van der Waals surface area contributed by atoms with Gasteiger partial charge in [-0.15, -0.1) is 0 Å². The normalized spacial score (nSPS) is 21.1. The van der Waals surface area contributed by atoms with Crippen molar-refractivity contribution in [2.45, 2.75) is 44.8 Å². The molecule has 0 heterocycles. The van der Waals surface area contributed by atoms with Gasteiger partial charge in [0.05, 0.1) is 6.26 Å². The van der Waals surface area contributed by atoms with E-state index in [0.717, 1.165) is 18.2 Å². The molecule has 2 atom stereocenters. The summed E-state index contributed by atoms with van der Waals surface area (Å²) in [7, 11) is -3.29. The lowest BCUT2D eigenvalue weighted by atomic mass is 10.1. The van der Waals surface area contributed by atoms with Crippen LogP contribution in [0.25, 0.3) is 0 Å². The molecule has 1 aromatic carbocycles. The van der Waals surface area contributed by atoms with E-state index >= 15 is 0 Å². The van der Waals surface area contributed by atoms with Crippen LogP contribution >= 0.6 is 0 Å². The number of alkyl carbamates (subject to hydrolysis) is 1. The average molecular weight is 326 g/mol. The summed E-state index contributed by atoms with van der Waals surface area (Å²) >= 11 is 0. The first-order valence-corrected chi connectivity index (χ1v) is 9.00. The van der Waals surface area contributed by atoms with Crippen molar-refractivity contribution in [2.24, 2.45) is 0 Å². The number of carbonyl (C=O) groups excluding carboxylic acids is 1. The zero-order chi connectivity index (χ0) is 16.5. The Hall–Kier alpha value is -1.76. The third-order valence-corrected chi connectivity index (χ3v) is 3.72. The summed E-state index contributed by atoms with van der Waals surface area (Å²) in [4.78, 5) is 11.7. The predicted molar refractivity (Wildman–Crippen MR) is 85.4 cm³/mol. The van der Waals surface area contributed by atoms with Crippen LogP contribution in [0.2, 0.25) is 0 Å². The Kier molecular flexibility index (Phi) is 4.37. The second-order valence-electron chi connectivity index (χ2n) is 6.59. The Bertz CT molecular complexity index is 664. The van der Waals surface area contributed by atoms with Crippen molar-refractivity contribution in [3.63, 3.8) is 0 Å². The van der Waals surface area contributed by atoms with Crippen molar-refractivity contribution >= 4 is 21.8 Å². The van der Waals surface area contributed by atoms with Gasteiger partial charge in [-0.25, -0.2) is 13.2 Å². The summed E-state index contributed by atoms with van der Waals surface area (Å²) < 4.78 is 30.2. The fourth-order valence-electron chi connectivity index (χ4n) is 2.23. The molecule has 1 aliphatic carbocycles. The Morgan fingerprint density at radius 2 is 2.00 bits per heavy atom.